The number of nitrogens with one attached hydrogen (secondary N) is 2. The van der Waals surface area contributed by atoms with Crippen molar-refractivity contribution in [2.45, 2.75) is 30.2 Å². The molecule has 2 N–H and O–H groups in total. The van der Waals surface area contributed by atoms with Gasteiger partial charge in [0.2, 0.25) is 5.91 Å². The van der Waals surface area contributed by atoms with Crippen LogP contribution in [0.5, 0.6) is 0 Å². The smallest absolute Gasteiger partial charge is 0.257 e. The van der Waals surface area contributed by atoms with E-state index >= 15 is 0 Å². The molecule has 1 atom stereocenters. The Morgan fingerprint density at radius 3 is 2.76 bits per heavy atom. The zero-order valence-electron chi connectivity index (χ0n) is 15.5. The summed E-state index contributed by atoms with van der Waals surface area (Å²) in [6.07, 6.45) is -0.115. The predicted molar refractivity (Wildman–Crippen MR) is 107 cm³/mol. The maximum Gasteiger partial charge on any atom is 0.257 e. The molecule has 8 heteroatoms. The number of halogens is 2. The quantitative estimate of drug-likeness (QED) is 0.498. The summed E-state index contributed by atoms with van der Waals surface area (Å²) in [6, 6.07) is 11.1. The van der Waals surface area contributed by atoms with Crippen molar-refractivity contribution in [3.05, 3.63) is 86.7 Å². The minimum atomic E-state index is -0.827. The van der Waals surface area contributed by atoms with E-state index in [1.165, 1.54) is 17.8 Å². The van der Waals surface area contributed by atoms with Gasteiger partial charge < -0.3 is 10.3 Å². The largest absolute Gasteiger partial charge is 0.310 e. The van der Waals surface area contributed by atoms with Crippen molar-refractivity contribution < 1.29 is 13.6 Å². The van der Waals surface area contributed by atoms with Gasteiger partial charge in [-0.3, -0.25) is 9.59 Å². The Labute approximate surface area is 169 Å². The molecule has 0 saturated heterocycles. The zero-order chi connectivity index (χ0) is 20.5. The van der Waals surface area contributed by atoms with Gasteiger partial charge in [-0.05, 0) is 24.1 Å². The van der Waals surface area contributed by atoms with Gasteiger partial charge in [-0.2, -0.15) is 0 Å². The molecule has 0 radical (unpaired) electrons. The third-order valence-corrected chi connectivity index (χ3v) is 5.67. The van der Waals surface area contributed by atoms with E-state index in [1.54, 1.807) is 0 Å². The maximum atomic E-state index is 14.3. The Hall–Kier alpha value is -3.00. The van der Waals surface area contributed by atoms with E-state index in [-0.39, 0.29) is 29.3 Å². The highest BCUT2D eigenvalue weighted by atomic mass is 32.2. The van der Waals surface area contributed by atoms with Crippen LogP contribution < -0.4 is 10.9 Å². The highest BCUT2D eigenvalue weighted by molar-refractivity contribution is 7.98. The first kappa shape index (κ1) is 19.3. The van der Waals surface area contributed by atoms with Crippen LogP contribution in [0.1, 0.15) is 34.6 Å². The number of amides is 1. The fourth-order valence-electron chi connectivity index (χ4n) is 3.42. The molecule has 3 aromatic rings. The number of fused-ring (bicyclic) bond motifs is 1. The van der Waals surface area contributed by atoms with Crippen molar-refractivity contribution in [1.82, 2.24) is 9.97 Å². The number of thioether (sulfide) groups is 1. The van der Waals surface area contributed by atoms with E-state index in [9.17, 15) is 18.4 Å². The minimum absolute atomic E-state index is 0.0926. The van der Waals surface area contributed by atoms with Crippen LogP contribution in [0.4, 0.5) is 14.6 Å². The van der Waals surface area contributed by atoms with Crippen molar-refractivity contribution in [2.24, 2.45) is 0 Å². The minimum Gasteiger partial charge on any atom is -0.310 e. The Bertz CT molecular complexity index is 1160. The van der Waals surface area contributed by atoms with E-state index in [4.69, 9.17) is 0 Å². The molecule has 1 aromatic heterocycles. The van der Waals surface area contributed by atoms with Gasteiger partial charge in [-0.15, -0.1) is 0 Å². The molecule has 0 aliphatic carbocycles. The highest BCUT2D eigenvalue weighted by Gasteiger charge is 2.32. The van der Waals surface area contributed by atoms with Crippen LogP contribution in [-0.2, 0) is 10.5 Å². The van der Waals surface area contributed by atoms with Crippen LogP contribution in [0.15, 0.2) is 52.4 Å². The summed E-state index contributed by atoms with van der Waals surface area (Å²) in [4.78, 5) is 32.0. The van der Waals surface area contributed by atoms with E-state index in [2.05, 4.69) is 15.3 Å². The number of hydrogen-bond donors (Lipinski definition) is 2. The van der Waals surface area contributed by atoms with Crippen LogP contribution in [0.2, 0.25) is 0 Å². The summed E-state index contributed by atoms with van der Waals surface area (Å²) < 4.78 is 27.6. The maximum absolute atomic E-state index is 14.3. The monoisotopic (exact) mass is 413 g/mol. The number of benzene rings is 2. The lowest BCUT2D eigenvalue weighted by Crippen LogP contribution is -2.31. The molecule has 29 heavy (non-hydrogen) atoms. The van der Waals surface area contributed by atoms with E-state index in [0.29, 0.717) is 10.9 Å². The van der Waals surface area contributed by atoms with Gasteiger partial charge in [0.05, 0.1) is 5.56 Å². The molecule has 5 nitrogen and oxygen atoms in total. The number of nitrogens with zero attached hydrogens (tertiary/aromatic N) is 1. The Morgan fingerprint density at radius 2 is 2.00 bits per heavy atom. The van der Waals surface area contributed by atoms with Crippen LogP contribution in [0.25, 0.3) is 0 Å². The molecule has 1 aliphatic heterocycles. The number of carbonyl (C=O) groups excluding carboxylic acids is 1. The van der Waals surface area contributed by atoms with E-state index in [0.717, 1.165) is 23.3 Å². The van der Waals surface area contributed by atoms with Crippen molar-refractivity contribution in [3.63, 3.8) is 0 Å². The Kier molecular flexibility index (Phi) is 5.19. The van der Waals surface area contributed by atoms with Crippen LogP contribution >= 0.6 is 11.8 Å². The first-order chi connectivity index (χ1) is 13.9. The molecule has 148 valence electrons. The van der Waals surface area contributed by atoms with Gasteiger partial charge in [0.1, 0.15) is 17.5 Å². The number of carbonyl (C=O) groups is 1. The lowest BCUT2D eigenvalue weighted by Gasteiger charge is -2.24. The molecule has 0 bridgehead atoms. The first-order valence-corrected chi connectivity index (χ1v) is 9.96. The molecular formula is C21H17F2N3O2S. The SMILES string of the molecule is Cc1cccc(CSc2nc3c(c(=O)[nH]2)[C@H](c2ccc(F)cc2F)CC(=O)N3)c1. The third kappa shape index (κ3) is 4.07. The highest BCUT2D eigenvalue weighted by Crippen LogP contribution is 2.36. The van der Waals surface area contributed by atoms with Gasteiger partial charge >= 0.3 is 0 Å². The second-order valence-electron chi connectivity index (χ2n) is 6.88. The van der Waals surface area contributed by atoms with Gasteiger partial charge in [0.25, 0.3) is 5.56 Å². The molecule has 1 aliphatic rings. The second kappa shape index (κ2) is 7.79. The summed E-state index contributed by atoms with van der Waals surface area (Å²) >= 11 is 1.33. The summed E-state index contributed by atoms with van der Waals surface area (Å²) in [7, 11) is 0. The summed E-state index contributed by atoms with van der Waals surface area (Å²) in [5.74, 6) is -2.02. The molecular weight excluding hydrogens is 396 g/mol. The van der Waals surface area contributed by atoms with Gasteiger partial charge in [-0.25, -0.2) is 13.8 Å². The average Bonchev–Trinajstić information content (AvgIpc) is 2.65. The van der Waals surface area contributed by atoms with E-state index in [1.807, 2.05) is 31.2 Å². The number of H-pyrrole nitrogens is 1. The van der Waals surface area contributed by atoms with Gasteiger partial charge in [0.15, 0.2) is 5.16 Å². The second-order valence-corrected chi connectivity index (χ2v) is 7.85. The topological polar surface area (TPSA) is 74.8 Å². The normalized spacial score (nSPS) is 15.7. The number of anilines is 1. The summed E-state index contributed by atoms with van der Waals surface area (Å²) in [6.45, 7) is 2.00. The van der Waals surface area contributed by atoms with Crippen LogP contribution in [-0.4, -0.2) is 15.9 Å². The van der Waals surface area contributed by atoms with Crippen molar-refractivity contribution >= 4 is 23.5 Å². The molecule has 2 heterocycles. The zero-order valence-corrected chi connectivity index (χ0v) is 16.3. The molecule has 0 saturated carbocycles. The Morgan fingerprint density at radius 1 is 1.17 bits per heavy atom. The predicted octanol–water partition coefficient (Wildman–Crippen LogP) is 4.12. The van der Waals surface area contributed by atoms with Crippen molar-refractivity contribution in [1.29, 1.82) is 0 Å². The molecule has 0 fully saturated rings. The van der Waals surface area contributed by atoms with Crippen molar-refractivity contribution in [3.8, 4) is 0 Å². The van der Waals surface area contributed by atoms with Gasteiger partial charge in [0, 0.05) is 24.2 Å². The first-order valence-electron chi connectivity index (χ1n) is 8.98. The standard InChI is InChI=1S/C21H17F2N3O2S/c1-11-3-2-4-12(7-11)10-29-21-25-19-18(20(28)26-21)15(9-17(27)24-19)14-6-5-13(22)8-16(14)23/h2-8,15H,9-10H2,1H3,(H2,24,25,26,27,28)/t15-/m0/s1. The van der Waals surface area contributed by atoms with Crippen molar-refractivity contribution in [2.75, 3.05) is 5.32 Å². The lowest BCUT2D eigenvalue weighted by atomic mass is 9.86. The number of rotatable bonds is 4. The molecule has 1 amide bonds. The average molecular weight is 413 g/mol. The molecule has 0 spiro atoms. The number of aromatic amines is 1. The van der Waals surface area contributed by atoms with Crippen LogP contribution in [0, 0.1) is 18.6 Å². The fourth-order valence-corrected chi connectivity index (χ4v) is 4.23. The van der Waals surface area contributed by atoms with E-state index < -0.39 is 23.1 Å². The number of aromatic nitrogens is 2. The summed E-state index contributed by atoms with van der Waals surface area (Å²) in [5, 5.41) is 2.96. The molecule has 2 aromatic carbocycles. The number of hydrogen-bond acceptors (Lipinski definition) is 4. The third-order valence-electron chi connectivity index (χ3n) is 4.73. The lowest BCUT2D eigenvalue weighted by molar-refractivity contribution is -0.116. The molecule has 0 unspecified atom stereocenters. The molecule has 4 rings (SSSR count). The number of aryl methyl sites for hydroxylation is 1. The Balaban J connectivity index is 1.67. The van der Waals surface area contributed by atoms with Crippen LogP contribution in [0.3, 0.4) is 0 Å². The fraction of sp³-hybridized carbons (Fsp3) is 0.190. The van der Waals surface area contributed by atoms with Gasteiger partial charge in [-0.1, -0.05) is 47.7 Å². The summed E-state index contributed by atoms with van der Waals surface area (Å²) in [5.41, 5.74) is 2.03.